The summed E-state index contributed by atoms with van der Waals surface area (Å²) in [6, 6.07) is 72.3. The number of nitrogens with zero attached hydrogens (tertiary/aromatic N) is 1. The highest BCUT2D eigenvalue weighted by molar-refractivity contribution is 7.26. The Hall–Kier alpha value is -6.94. The molecule has 0 aliphatic carbocycles. The highest BCUT2D eigenvalue weighted by Gasteiger charge is 2.17. The van der Waals surface area contributed by atoms with Crippen LogP contribution in [0.1, 0.15) is 0 Å². The van der Waals surface area contributed by atoms with Crippen LogP contribution in [-0.4, -0.2) is 0 Å². The van der Waals surface area contributed by atoms with Crippen LogP contribution in [-0.2, 0) is 0 Å². The van der Waals surface area contributed by atoms with E-state index in [9.17, 15) is 0 Å². The fraction of sp³-hybridized carbons (Fsp3) is 0. The molecular weight excluding hydrogens is 687 g/mol. The van der Waals surface area contributed by atoms with Crippen LogP contribution in [0.2, 0.25) is 0 Å². The van der Waals surface area contributed by atoms with E-state index in [1.165, 1.54) is 53.2 Å². The molecule has 0 N–H and O–H groups in total. The van der Waals surface area contributed by atoms with Crippen molar-refractivity contribution in [2.24, 2.45) is 0 Å². The van der Waals surface area contributed by atoms with E-state index in [1.807, 2.05) is 23.5 Å². The zero-order chi connectivity index (χ0) is 36.3. The predicted octanol–water partition coefficient (Wildman–Crippen LogP) is 15.6. The Morgan fingerprint density at radius 1 is 0.345 bits per heavy atom. The van der Waals surface area contributed by atoms with Crippen LogP contribution < -0.4 is 4.90 Å². The molecule has 2 aromatic heterocycles. The summed E-state index contributed by atoms with van der Waals surface area (Å²) in [7, 11) is 0. The van der Waals surface area contributed by atoms with Crippen LogP contribution in [0.25, 0.3) is 86.3 Å². The van der Waals surface area contributed by atoms with Gasteiger partial charge in [-0.1, -0.05) is 140 Å². The number of furan rings is 1. The molecule has 0 aliphatic rings. The molecule has 55 heavy (non-hydrogen) atoms. The zero-order valence-electron chi connectivity index (χ0n) is 29.8. The fourth-order valence-electron chi connectivity index (χ4n) is 8.21. The molecule has 0 amide bonds. The monoisotopic (exact) mass is 719 g/mol. The van der Waals surface area contributed by atoms with Gasteiger partial charge in [0, 0.05) is 48.0 Å². The third-order valence-corrected chi connectivity index (χ3v) is 12.1. The summed E-state index contributed by atoms with van der Waals surface area (Å²) in [6.07, 6.45) is 0. The fourth-order valence-corrected chi connectivity index (χ4v) is 9.45. The highest BCUT2D eigenvalue weighted by Crippen LogP contribution is 2.43. The van der Waals surface area contributed by atoms with E-state index in [1.54, 1.807) is 0 Å². The molecule has 0 radical (unpaired) electrons. The molecule has 2 nitrogen and oxygen atoms in total. The number of hydrogen-bond acceptors (Lipinski definition) is 3. The molecule has 258 valence electrons. The van der Waals surface area contributed by atoms with Gasteiger partial charge >= 0.3 is 0 Å². The lowest BCUT2D eigenvalue weighted by Gasteiger charge is -2.26. The second-order valence-electron chi connectivity index (χ2n) is 14.1. The molecule has 2 heterocycles. The summed E-state index contributed by atoms with van der Waals surface area (Å²) in [6.45, 7) is 0. The quantitative estimate of drug-likeness (QED) is 0.170. The Morgan fingerprint density at radius 3 is 1.76 bits per heavy atom. The van der Waals surface area contributed by atoms with Crippen LogP contribution in [0.3, 0.4) is 0 Å². The number of thiophene rings is 1. The van der Waals surface area contributed by atoms with Gasteiger partial charge in [-0.05, 0) is 105 Å². The predicted molar refractivity (Wildman–Crippen MR) is 235 cm³/mol. The molecular formula is C52H33NOS. The largest absolute Gasteiger partial charge is 0.456 e. The van der Waals surface area contributed by atoms with Crippen molar-refractivity contribution in [3.63, 3.8) is 0 Å². The third kappa shape index (κ3) is 5.40. The maximum absolute atomic E-state index is 6.16. The molecule has 0 spiro atoms. The normalized spacial score (nSPS) is 11.6. The Bertz CT molecular complexity index is 3200. The number of para-hydroxylation sites is 1. The summed E-state index contributed by atoms with van der Waals surface area (Å²) >= 11 is 1.87. The van der Waals surface area contributed by atoms with E-state index in [0.717, 1.165) is 50.1 Å². The van der Waals surface area contributed by atoms with Gasteiger partial charge in [0.05, 0.1) is 0 Å². The second kappa shape index (κ2) is 12.9. The highest BCUT2D eigenvalue weighted by atomic mass is 32.1. The molecule has 0 atom stereocenters. The smallest absolute Gasteiger partial charge is 0.135 e. The van der Waals surface area contributed by atoms with E-state index < -0.39 is 0 Å². The lowest BCUT2D eigenvalue weighted by molar-refractivity contribution is 0.669. The standard InChI is InChI=1S/C52H33NOS/c1-2-14-42-34(10-1)11-8-17-43(42)35-22-27-39(28-23-35)53(40-29-24-36(25-30-40)44-18-9-19-47-46-16-4-6-21-51(46)55-52(44)47)41-13-7-12-37(32-41)38-26-31-50-48(33-38)45-15-3-5-20-49(45)54-50/h1-33H. The maximum atomic E-state index is 6.16. The Morgan fingerprint density at radius 2 is 0.927 bits per heavy atom. The van der Waals surface area contributed by atoms with Gasteiger partial charge in [0.2, 0.25) is 0 Å². The van der Waals surface area contributed by atoms with Crippen molar-refractivity contribution in [3.8, 4) is 33.4 Å². The van der Waals surface area contributed by atoms with E-state index in [2.05, 4.69) is 193 Å². The molecule has 11 rings (SSSR count). The summed E-state index contributed by atoms with van der Waals surface area (Å²) in [5.74, 6) is 0. The summed E-state index contributed by atoms with van der Waals surface area (Å²) in [4.78, 5) is 2.37. The number of anilines is 3. The summed E-state index contributed by atoms with van der Waals surface area (Å²) in [5, 5.41) is 7.40. The molecule has 0 saturated heterocycles. The molecule has 9 aromatic carbocycles. The first kappa shape index (κ1) is 31.6. The molecule has 0 bridgehead atoms. The number of rotatable bonds is 6. The topological polar surface area (TPSA) is 16.4 Å². The molecule has 0 saturated carbocycles. The van der Waals surface area contributed by atoms with Crippen LogP contribution in [0.5, 0.6) is 0 Å². The van der Waals surface area contributed by atoms with Gasteiger partial charge in [0.1, 0.15) is 11.2 Å². The molecule has 0 fully saturated rings. The van der Waals surface area contributed by atoms with Crippen molar-refractivity contribution >= 4 is 81.3 Å². The molecule has 3 heteroatoms. The Kier molecular flexibility index (Phi) is 7.39. The van der Waals surface area contributed by atoms with Crippen molar-refractivity contribution in [3.05, 3.63) is 200 Å². The minimum Gasteiger partial charge on any atom is -0.456 e. The first-order valence-corrected chi connectivity index (χ1v) is 19.5. The zero-order valence-corrected chi connectivity index (χ0v) is 30.6. The summed E-state index contributed by atoms with van der Waals surface area (Å²) < 4.78 is 8.80. The maximum Gasteiger partial charge on any atom is 0.135 e. The van der Waals surface area contributed by atoms with Crippen molar-refractivity contribution in [2.45, 2.75) is 0 Å². The number of benzene rings is 9. The lowest BCUT2D eigenvalue weighted by Crippen LogP contribution is -2.10. The van der Waals surface area contributed by atoms with Crippen LogP contribution in [0.4, 0.5) is 17.1 Å². The van der Waals surface area contributed by atoms with Crippen molar-refractivity contribution < 1.29 is 4.42 Å². The van der Waals surface area contributed by atoms with Gasteiger partial charge in [-0.3, -0.25) is 0 Å². The molecule has 0 unspecified atom stereocenters. The van der Waals surface area contributed by atoms with Crippen LogP contribution in [0, 0.1) is 0 Å². The van der Waals surface area contributed by atoms with E-state index >= 15 is 0 Å². The van der Waals surface area contributed by atoms with E-state index in [0.29, 0.717) is 0 Å². The SMILES string of the molecule is c1cc(-c2ccc3oc4ccccc4c3c2)cc(N(c2ccc(-c3cccc4ccccc34)cc2)c2ccc(-c3cccc4c3sc3ccccc34)cc2)c1. The average molecular weight is 720 g/mol. The first-order valence-electron chi connectivity index (χ1n) is 18.7. The Balaban J connectivity index is 1.03. The van der Waals surface area contributed by atoms with Crippen molar-refractivity contribution in [1.29, 1.82) is 0 Å². The second-order valence-corrected chi connectivity index (χ2v) is 15.1. The Labute approximate surface area is 322 Å². The van der Waals surface area contributed by atoms with Crippen LogP contribution >= 0.6 is 11.3 Å². The third-order valence-electron chi connectivity index (χ3n) is 10.9. The molecule has 11 aromatic rings. The molecule has 0 aliphatic heterocycles. The van der Waals surface area contributed by atoms with Gasteiger partial charge < -0.3 is 9.32 Å². The minimum atomic E-state index is 0.903. The van der Waals surface area contributed by atoms with Crippen LogP contribution in [0.15, 0.2) is 205 Å². The summed E-state index contributed by atoms with van der Waals surface area (Å²) in [5.41, 5.74) is 12.3. The van der Waals surface area contributed by atoms with Gasteiger partial charge in [-0.25, -0.2) is 0 Å². The van der Waals surface area contributed by atoms with Gasteiger partial charge in [-0.2, -0.15) is 0 Å². The number of hydrogen-bond donors (Lipinski definition) is 0. The lowest BCUT2D eigenvalue weighted by atomic mass is 9.98. The van der Waals surface area contributed by atoms with Gasteiger partial charge in [-0.15, -0.1) is 11.3 Å². The number of fused-ring (bicyclic) bond motifs is 7. The van der Waals surface area contributed by atoms with E-state index in [4.69, 9.17) is 4.42 Å². The average Bonchev–Trinajstić information content (AvgIpc) is 3.83. The minimum absolute atomic E-state index is 0.903. The first-order chi connectivity index (χ1) is 27.2. The van der Waals surface area contributed by atoms with E-state index in [-0.39, 0.29) is 0 Å². The van der Waals surface area contributed by atoms with Gasteiger partial charge in [0.25, 0.3) is 0 Å². The van der Waals surface area contributed by atoms with Crippen molar-refractivity contribution in [1.82, 2.24) is 0 Å². The van der Waals surface area contributed by atoms with Crippen molar-refractivity contribution in [2.75, 3.05) is 4.90 Å². The van der Waals surface area contributed by atoms with Gasteiger partial charge in [0.15, 0.2) is 0 Å².